The maximum Gasteiger partial charge on any atom is 0.411 e. The first-order valence-electron chi connectivity index (χ1n) is 8.92. The number of rotatable bonds is 4. The number of aromatic nitrogens is 2. The molecule has 0 bridgehead atoms. The zero-order chi connectivity index (χ0) is 20.5. The van der Waals surface area contributed by atoms with E-state index in [1.165, 1.54) is 13.1 Å². The van der Waals surface area contributed by atoms with E-state index in [0.717, 1.165) is 27.4 Å². The molecule has 0 fully saturated rings. The Hall–Kier alpha value is -3.71. The van der Waals surface area contributed by atoms with Crippen LogP contribution in [0.3, 0.4) is 0 Å². The van der Waals surface area contributed by atoms with Crippen LogP contribution in [0.15, 0.2) is 67.0 Å². The molecule has 2 aromatic carbocycles. The highest BCUT2D eigenvalue weighted by atomic mass is 19.1. The van der Waals surface area contributed by atoms with Crippen LogP contribution in [0, 0.1) is 5.82 Å². The molecular weight excluding hydrogens is 373 g/mol. The lowest BCUT2D eigenvalue weighted by Crippen LogP contribution is -2.23. The Kier molecular flexibility index (Phi) is 4.74. The number of imidazole rings is 1. The molecule has 2 aromatic heterocycles. The van der Waals surface area contributed by atoms with E-state index < -0.39 is 11.9 Å². The van der Waals surface area contributed by atoms with Gasteiger partial charge in [-0.15, -0.1) is 0 Å². The molecule has 7 heteroatoms. The van der Waals surface area contributed by atoms with Crippen LogP contribution in [-0.2, 0) is 6.61 Å². The predicted octanol–water partition coefficient (Wildman–Crippen LogP) is 4.41. The highest BCUT2D eigenvalue weighted by molar-refractivity contribution is 5.85. The Morgan fingerprint density at radius 1 is 1.07 bits per heavy atom. The van der Waals surface area contributed by atoms with Crippen molar-refractivity contribution in [2.75, 3.05) is 11.9 Å². The lowest BCUT2D eigenvalue weighted by Gasteiger charge is -2.12. The predicted molar refractivity (Wildman–Crippen MR) is 108 cm³/mol. The van der Waals surface area contributed by atoms with Crippen LogP contribution in [0.4, 0.5) is 14.9 Å². The summed E-state index contributed by atoms with van der Waals surface area (Å²) in [5.41, 5.74) is 4.51. The van der Waals surface area contributed by atoms with Gasteiger partial charge in [0.15, 0.2) is 0 Å². The number of fused-ring (bicyclic) bond motifs is 1. The van der Waals surface area contributed by atoms with Crippen LogP contribution in [0.5, 0.6) is 0 Å². The number of aliphatic hydroxyl groups is 1. The minimum atomic E-state index is -1.03. The Labute approximate surface area is 166 Å². The molecule has 4 rings (SSSR count). The summed E-state index contributed by atoms with van der Waals surface area (Å²) in [5, 5.41) is 18.6. The molecule has 0 radical (unpaired) electrons. The van der Waals surface area contributed by atoms with Gasteiger partial charge in [0, 0.05) is 36.3 Å². The van der Waals surface area contributed by atoms with Gasteiger partial charge >= 0.3 is 6.09 Å². The third-order valence-corrected chi connectivity index (χ3v) is 4.88. The van der Waals surface area contributed by atoms with Gasteiger partial charge in [0.05, 0.1) is 12.3 Å². The quantitative estimate of drug-likeness (QED) is 0.540. The van der Waals surface area contributed by atoms with Crippen molar-refractivity contribution in [3.63, 3.8) is 0 Å². The second-order valence-electron chi connectivity index (χ2n) is 6.62. The second kappa shape index (κ2) is 7.37. The van der Waals surface area contributed by atoms with Crippen LogP contribution in [0.1, 0.15) is 5.56 Å². The summed E-state index contributed by atoms with van der Waals surface area (Å²) in [7, 11) is 1.48. The van der Waals surface area contributed by atoms with Gasteiger partial charge in [-0.05, 0) is 41.5 Å². The van der Waals surface area contributed by atoms with Gasteiger partial charge in [0.2, 0.25) is 0 Å². The maximum atomic E-state index is 14.0. The number of carbonyl (C=O) groups is 1. The van der Waals surface area contributed by atoms with E-state index in [4.69, 9.17) is 5.11 Å². The zero-order valence-corrected chi connectivity index (χ0v) is 15.6. The van der Waals surface area contributed by atoms with E-state index in [1.807, 2.05) is 41.1 Å². The van der Waals surface area contributed by atoms with E-state index in [0.29, 0.717) is 11.3 Å². The number of amides is 1. The minimum absolute atomic E-state index is 0.255. The molecule has 0 saturated heterocycles. The number of hydrogen-bond acceptors (Lipinski definition) is 3. The first kappa shape index (κ1) is 18.6. The van der Waals surface area contributed by atoms with Crippen LogP contribution in [-0.4, -0.2) is 32.7 Å². The van der Waals surface area contributed by atoms with E-state index in [9.17, 15) is 14.3 Å². The topological polar surface area (TPSA) is 78.1 Å². The summed E-state index contributed by atoms with van der Waals surface area (Å²) < 4.78 is 15.8. The second-order valence-corrected chi connectivity index (χ2v) is 6.62. The number of aliphatic hydroxyl groups excluding tert-OH is 1. The van der Waals surface area contributed by atoms with Crippen molar-refractivity contribution < 1.29 is 19.4 Å². The normalized spacial score (nSPS) is 11.0. The molecule has 6 nitrogen and oxygen atoms in total. The highest BCUT2D eigenvalue weighted by Gasteiger charge is 2.12. The monoisotopic (exact) mass is 391 g/mol. The standard InChI is InChI=1S/C22H18FN3O3/c1-25(22(28)29)16-8-5-14(6-9-16)20-12-26-11-15(7-10-21(26)24-20)17-3-2-4-19(23)18(17)13-27/h2-12,27H,13H2,1H3,(H,28,29). The van der Waals surface area contributed by atoms with Crippen molar-refractivity contribution >= 4 is 17.4 Å². The van der Waals surface area contributed by atoms with E-state index >= 15 is 0 Å². The molecule has 4 aromatic rings. The van der Waals surface area contributed by atoms with Gasteiger partial charge in [-0.25, -0.2) is 14.2 Å². The molecule has 0 aliphatic heterocycles. The molecule has 1 amide bonds. The third-order valence-electron chi connectivity index (χ3n) is 4.88. The molecular formula is C22H18FN3O3. The number of hydrogen-bond donors (Lipinski definition) is 2. The fourth-order valence-electron chi connectivity index (χ4n) is 3.25. The van der Waals surface area contributed by atoms with E-state index in [2.05, 4.69) is 4.98 Å². The lowest BCUT2D eigenvalue weighted by atomic mass is 10.0. The molecule has 29 heavy (non-hydrogen) atoms. The van der Waals surface area contributed by atoms with E-state index in [1.54, 1.807) is 24.3 Å². The third kappa shape index (κ3) is 3.43. The van der Waals surface area contributed by atoms with Gasteiger partial charge in [-0.2, -0.15) is 0 Å². The first-order chi connectivity index (χ1) is 14.0. The Morgan fingerprint density at radius 2 is 1.79 bits per heavy atom. The average Bonchev–Trinajstić information content (AvgIpc) is 3.16. The van der Waals surface area contributed by atoms with Crippen molar-refractivity contribution in [3.05, 3.63) is 78.4 Å². The summed E-state index contributed by atoms with van der Waals surface area (Å²) >= 11 is 0. The highest BCUT2D eigenvalue weighted by Crippen LogP contribution is 2.28. The molecule has 2 N–H and O–H groups in total. The van der Waals surface area contributed by atoms with Crippen molar-refractivity contribution in [1.29, 1.82) is 0 Å². The summed E-state index contributed by atoms with van der Waals surface area (Å²) in [6.45, 7) is -0.383. The van der Waals surface area contributed by atoms with Crippen LogP contribution in [0.25, 0.3) is 28.0 Å². The summed E-state index contributed by atoms with van der Waals surface area (Å²) in [5.74, 6) is -0.442. The Bertz CT molecular complexity index is 1200. The number of halogens is 1. The van der Waals surface area contributed by atoms with Gasteiger partial charge in [-0.3, -0.25) is 4.90 Å². The average molecular weight is 391 g/mol. The Morgan fingerprint density at radius 3 is 2.48 bits per heavy atom. The molecule has 0 atom stereocenters. The molecule has 0 saturated carbocycles. The number of nitrogens with zero attached hydrogens (tertiary/aromatic N) is 3. The van der Waals surface area contributed by atoms with Gasteiger partial charge in [0.1, 0.15) is 11.5 Å². The summed E-state index contributed by atoms with van der Waals surface area (Å²) in [6.07, 6.45) is 2.66. The molecule has 0 aliphatic rings. The summed E-state index contributed by atoms with van der Waals surface area (Å²) in [6, 6.07) is 15.4. The summed E-state index contributed by atoms with van der Waals surface area (Å²) in [4.78, 5) is 16.8. The molecule has 0 spiro atoms. The van der Waals surface area contributed by atoms with E-state index in [-0.39, 0.29) is 12.2 Å². The van der Waals surface area contributed by atoms with Crippen molar-refractivity contribution in [3.8, 4) is 22.4 Å². The largest absolute Gasteiger partial charge is 0.465 e. The SMILES string of the molecule is CN(C(=O)O)c1ccc(-c2cn3cc(-c4cccc(F)c4CO)ccc3n2)cc1. The van der Waals surface area contributed by atoms with Crippen LogP contribution in [0.2, 0.25) is 0 Å². The zero-order valence-electron chi connectivity index (χ0n) is 15.6. The van der Waals surface area contributed by atoms with Gasteiger partial charge in [0.25, 0.3) is 0 Å². The van der Waals surface area contributed by atoms with Crippen molar-refractivity contribution in [1.82, 2.24) is 9.38 Å². The lowest BCUT2D eigenvalue weighted by molar-refractivity contribution is 0.203. The van der Waals surface area contributed by atoms with Gasteiger partial charge < -0.3 is 14.6 Å². The van der Waals surface area contributed by atoms with Crippen LogP contribution < -0.4 is 4.90 Å². The Balaban J connectivity index is 1.71. The molecule has 0 aliphatic carbocycles. The first-order valence-corrected chi connectivity index (χ1v) is 8.92. The fourth-order valence-corrected chi connectivity index (χ4v) is 3.25. The number of pyridine rings is 1. The number of carboxylic acid groups (broad SMARTS) is 1. The molecule has 146 valence electrons. The van der Waals surface area contributed by atoms with Gasteiger partial charge in [-0.1, -0.05) is 24.3 Å². The number of benzene rings is 2. The van der Waals surface area contributed by atoms with Crippen molar-refractivity contribution in [2.45, 2.75) is 6.61 Å². The van der Waals surface area contributed by atoms with Crippen LogP contribution >= 0.6 is 0 Å². The smallest absolute Gasteiger partial charge is 0.411 e. The maximum absolute atomic E-state index is 14.0. The number of anilines is 1. The fraction of sp³-hybridized carbons (Fsp3) is 0.0909. The molecule has 0 unspecified atom stereocenters. The molecule has 2 heterocycles. The minimum Gasteiger partial charge on any atom is -0.465 e. The van der Waals surface area contributed by atoms with Crippen molar-refractivity contribution in [2.24, 2.45) is 0 Å².